The SMILES string of the molecule is CCOP(=O)(CN1O[C@@H](n2cc(C)c(=O)[nH]c2=O)C[C@@H]1CO)OCC. The summed E-state index contributed by atoms with van der Waals surface area (Å²) in [5.41, 5.74) is -0.722. The molecule has 0 amide bonds. The maximum Gasteiger partial charge on any atom is 0.346 e. The van der Waals surface area contributed by atoms with Gasteiger partial charge >= 0.3 is 13.3 Å². The van der Waals surface area contributed by atoms with E-state index in [0.717, 1.165) is 0 Å². The lowest BCUT2D eigenvalue weighted by Gasteiger charge is -2.25. The molecule has 1 aliphatic heterocycles. The molecule has 1 aromatic heterocycles. The standard InChI is InChI=1S/C14H24N3O7P/c1-4-22-25(21,23-5-2)9-17-11(8-18)6-12(24-17)16-7-10(3)13(19)15-14(16)20/h7,11-12,18H,4-6,8-9H2,1-3H3,(H,15,19,20)/t11-,12-/m1/s1. The Labute approximate surface area is 144 Å². The molecule has 10 nitrogen and oxygen atoms in total. The van der Waals surface area contributed by atoms with Crippen molar-refractivity contribution in [3.05, 3.63) is 32.6 Å². The molecule has 0 saturated carbocycles. The van der Waals surface area contributed by atoms with Crippen LogP contribution in [-0.4, -0.2) is 51.9 Å². The number of hydroxylamine groups is 2. The van der Waals surface area contributed by atoms with Crippen LogP contribution in [0.25, 0.3) is 0 Å². The minimum absolute atomic E-state index is 0.173. The number of nitrogens with one attached hydrogen (secondary N) is 1. The van der Waals surface area contributed by atoms with E-state index in [4.69, 9.17) is 13.9 Å². The van der Waals surface area contributed by atoms with Crippen molar-refractivity contribution in [2.75, 3.05) is 26.1 Å². The van der Waals surface area contributed by atoms with Crippen LogP contribution in [-0.2, 0) is 18.5 Å². The van der Waals surface area contributed by atoms with Crippen LogP contribution < -0.4 is 11.2 Å². The zero-order valence-electron chi connectivity index (χ0n) is 14.5. The van der Waals surface area contributed by atoms with Crippen LogP contribution in [0.15, 0.2) is 15.8 Å². The van der Waals surface area contributed by atoms with E-state index in [1.165, 1.54) is 15.8 Å². The molecule has 0 unspecified atom stereocenters. The summed E-state index contributed by atoms with van der Waals surface area (Å²) in [6.45, 7) is 5.13. The first-order valence-electron chi connectivity index (χ1n) is 8.08. The van der Waals surface area contributed by atoms with Crippen molar-refractivity contribution in [3.8, 4) is 0 Å². The summed E-state index contributed by atoms with van der Waals surface area (Å²) in [4.78, 5) is 31.4. The van der Waals surface area contributed by atoms with E-state index >= 15 is 0 Å². The van der Waals surface area contributed by atoms with Gasteiger partial charge in [-0.1, -0.05) is 0 Å². The Balaban J connectivity index is 2.23. The molecule has 25 heavy (non-hydrogen) atoms. The molecule has 0 spiro atoms. The summed E-state index contributed by atoms with van der Waals surface area (Å²) in [5, 5.41) is 10.9. The molecule has 1 saturated heterocycles. The van der Waals surface area contributed by atoms with Crippen molar-refractivity contribution < 1.29 is 23.6 Å². The summed E-state index contributed by atoms with van der Waals surface area (Å²) in [7, 11) is -3.42. The highest BCUT2D eigenvalue weighted by Gasteiger charge is 2.40. The number of aromatic nitrogens is 2. The van der Waals surface area contributed by atoms with Gasteiger partial charge in [0.2, 0.25) is 0 Å². The fourth-order valence-corrected chi connectivity index (χ4v) is 4.26. The second-order valence-electron chi connectivity index (χ2n) is 5.62. The van der Waals surface area contributed by atoms with Gasteiger partial charge < -0.3 is 14.2 Å². The molecule has 1 aromatic rings. The normalized spacial score (nSPS) is 21.8. The van der Waals surface area contributed by atoms with Gasteiger partial charge in [-0.25, -0.2) is 4.79 Å². The Morgan fingerprint density at radius 2 is 2.00 bits per heavy atom. The van der Waals surface area contributed by atoms with E-state index < -0.39 is 31.1 Å². The largest absolute Gasteiger partial charge is 0.395 e. The van der Waals surface area contributed by atoms with Crippen LogP contribution in [0.1, 0.15) is 32.1 Å². The lowest BCUT2D eigenvalue weighted by molar-refractivity contribution is -0.179. The quantitative estimate of drug-likeness (QED) is 0.630. The summed E-state index contributed by atoms with van der Waals surface area (Å²) in [5.74, 6) is 0. The second kappa shape index (κ2) is 8.39. The van der Waals surface area contributed by atoms with E-state index in [1.807, 2.05) is 0 Å². The van der Waals surface area contributed by atoms with E-state index in [9.17, 15) is 19.3 Å². The number of aryl methyl sites for hydroxylation is 1. The van der Waals surface area contributed by atoms with Gasteiger partial charge in [-0.05, 0) is 20.8 Å². The van der Waals surface area contributed by atoms with Crippen LogP contribution in [0, 0.1) is 6.92 Å². The molecule has 2 heterocycles. The lowest BCUT2D eigenvalue weighted by Crippen LogP contribution is -2.34. The molecule has 11 heteroatoms. The molecule has 142 valence electrons. The third kappa shape index (κ3) is 4.66. The van der Waals surface area contributed by atoms with E-state index in [1.54, 1.807) is 20.8 Å². The van der Waals surface area contributed by atoms with Crippen LogP contribution >= 0.6 is 7.60 Å². The molecule has 2 atom stereocenters. The third-order valence-corrected chi connectivity index (χ3v) is 5.70. The van der Waals surface area contributed by atoms with Gasteiger partial charge in [0, 0.05) is 18.2 Å². The molecule has 0 radical (unpaired) electrons. The zero-order valence-corrected chi connectivity index (χ0v) is 15.4. The smallest absolute Gasteiger partial charge is 0.346 e. The number of aromatic amines is 1. The molecular weight excluding hydrogens is 353 g/mol. The first-order valence-corrected chi connectivity index (χ1v) is 9.80. The Hall–Kier alpha value is -1.29. The molecule has 2 N–H and O–H groups in total. The van der Waals surface area contributed by atoms with Gasteiger partial charge in [0.25, 0.3) is 5.56 Å². The van der Waals surface area contributed by atoms with Crippen molar-refractivity contribution in [1.29, 1.82) is 0 Å². The minimum atomic E-state index is -3.42. The summed E-state index contributed by atoms with van der Waals surface area (Å²) < 4.78 is 24.4. The Kier molecular flexibility index (Phi) is 6.72. The van der Waals surface area contributed by atoms with Crippen molar-refractivity contribution in [2.45, 2.75) is 39.5 Å². The number of rotatable bonds is 8. The fourth-order valence-electron chi connectivity index (χ4n) is 2.60. The number of aliphatic hydroxyl groups is 1. The van der Waals surface area contributed by atoms with E-state index in [0.29, 0.717) is 5.56 Å². The van der Waals surface area contributed by atoms with Crippen molar-refractivity contribution in [1.82, 2.24) is 14.6 Å². The average Bonchev–Trinajstić information content (AvgIpc) is 2.93. The maximum atomic E-state index is 12.7. The highest BCUT2D eigenvalue weighted by molar-refractivity contribution is 7.53. The Morgan fingerprint density at radius 1 is 1.36 bits per heavy atom. The van der Waals surface area contributed by atoms with E-state index in [2.05, 4.69) is 4.98 Å². The Morgan fingerprint density at radius 3 is 2.56 bits per heavy atom. The zero-order chi connectivity index (χ0) is 18.6. The highest BCUT2D eigenvalue weighted by atomic mass is 31.2. The van der Waals surface area contributed by atoms with Crippen LogP contribution in [0.2, 0.25) is 0 Å². The number of hydrogen-bond acceptors (Lipinski definition) is 8. The summed E-state index contributed by atoms with van der Waals surface area (Å²) in [6.07, 6.45) is 0.763. The predicted octanol–water partition coefficient (Wildman–Crippen LogP) is 0.565. The van der Waals surface area contributed by atoms with Gasteiger partial charge in [-0.2, -0.15) is 5.06 Å². The fraction of sp³-hybridized carbons (Fsp3) is 0.714. The minimum Gasteiger partial charge on any atom is -0.395 e. The topological polar surface area (TPSA) is 123 Å². The predicted molar refractivity (Wildman–Crippen MR) is 89.2 cm³/mol. The van der Waals surface area contributed by atoms with Crippen LogP contribution in [0.5, 0.6) is 0 Å². The molecule has 1 aliphatic rings. The maximum absolute atomic E-state index is 12.7. The van der Waals surface area contributed by atoms with Crippen molar-refractivity contribution >= 4 is 7.60 Å². The van der Waals surface area contributed by atoms with Gasteiger partial charge in [-0.3, -0.25) is 23.7 Å². The third-order valence-electron chi connectivity index (χ3n) is 3.77. The molecule has 0 aromatic carbocycles. The lowest BCUT2D eigenvalue weighted by atomic mass is 10.2. The van der Waals surface area contributed by atoms with Gasteiger partial charge in [0.1, 0.15) is 6.29 Å². The molecule has 0 aliphatic carbocycles. The van der Waals surface area contributed by atoms with Crippen molar-refractivity contribution in [2.24, 2.45) is 0 Å². The molecule has 2 rings (SSSR count). The average molecular weight is 377 g/mol. The number of H-pyrrole nitrogens is 1. The highest BCUT2D eigenvalue weighted by Crippen LogP contribution is 2.50. The van der Waals surface area contributed by atoms with Crippen molar-refractivity contribution in [3.63, 3.8) is 0 Å². The second-order valence-corrected chi connectivity index (χ2v) is 7.64. The van der Waals surface area contributed by atoms with Gasteiger partial charge in [0.15, 0.2) is 6.23 Å². The summed E-state index contributed by atoms with van der Waals surface area (Å²) in [6, 6.07) is -0.488. The number of hydrogen-bond donors (Lipinski definition) is 2. The van der Waals surface area contributed by atoms with Gasteiger partial charge in [0.05, 0.1) is 25.9 Å². The van der Waals surface area contributed by atoms with Crippen LogP contribution in [0.4, 0.5) is 0 Å². The molecular formula is C14H24N3O7P. The summed E-state index contributed by atoms with van der Waals surface area (Å²) >= 11 is 0. The molecule has 0 bridgehead atoms. The number of nitrogens with zero attached hydrogens (tertiary/aromatic N) is 2. The molecule has 1 fully saturated rings. The van der Waals surface area contributed by atoms with E-state index in [-0.39, 0.29) is 32.5 Å². The monoisotopic (exact) mass is 377 g/mol. The number of aliphatic hydroxyl groups excluding tert-OH is 1. The first kappa shape index (κ1) is 20.0. The van der Waals surface area contributed by atoms with Crippen LogP contribution in [0.3, 0.4) is 0 Å². The Bertz CT molecular complexity index is 737. The first-order chi connectivity index (χ1) is 11.8. The van der Waals surface area contributed by atoms with Gasteiger partial charge in [-0.15, -0.1) is 0 Å².